The molecular formula is C27H33N3O3. The van der Waals surface area contributed by atoms with Gasteiger partial charge in [0.15, 0.2) is 0 Å². The Bertz CT molecular complexity index is 1130. The van der Waals surface area contributed by atoms with Gasteiger partial charge < -0.3 is 20.1 Å². The van der Waals surface area contributed by atoms with E-state index in [1.54, 1.807) is 19.2 Å². The molecule has 1 aliphatic heterocycles. The lowest BCUT2D eigenvalue weighted by Crippen LogP contribution is -2.49. The third-order valence-electron chi connectivity index (χ3n) is 7.52. The molecule has 1 saturated carbocycles. The van der Waals surface area contributed by atoms with Gasteiger partial charge in [-0.05, 0) is 68.0 Å². The number of benzene rings is 2. The smallest absolute Gasteiger partial charge is 0.335 e. The number of carbonyl (C=O) groups is 1. The second kappa shape index (κ2) is 9.20. The summed E-state index contributed by atoms with van der Waals surface area (Å²) < 4.78 is 5.81. The third-order valence-corrected chi connectivity index (χ3v) is 7.52. The number of fused-ring (bicyclic) bond motifs is 1. The number of methoxy groups -OCH3 is 1. The van der Waals surface area contributed by atoms with Crippen molar-refractivity contribution in [2.45, 2.75) is 63.7 Å². The Kier molecular flexibility index (Phi) is 6.13. The van der Waals surface area contributed by atoms with Gasteiger partial charge in [-0.3, -0.25) is 4.90 Å². The molecule has 1 aliphatic carbocycles. The molecule has 2 heterocycles. The van der Waals surface area contributed by atoms with E-state index in [1.807, 2.05) is 18.3 Å². The van der Waals surface area contributed by atoms with Crippen LogP contribution in [0.3, 0.4) is 0 Å². The number of likely N-dealkylation sites (tertiary alicyclic amines) is 1. The van der Waals surface area contributed by atoms with Gasteiger partial charge in [0.25, 0.3) is 0 Å². The van der Waals surface area contributed by atoms with Crippen molar-refractivity contribution in [1.82, 2.24) is 15.2 Å². The van der Waals surface area contributed by atoms with Crippen LogP contribution in [0.4, 0.5) is 0 Å². The van der Waals surface area contributed by atoms with Gasteiger partial charge >= 0.3 is 5.97 Å². The molecule has 174 valence electrons. The number of carboxylic acids is 1. The summed E-state index contributed by atoms with van der Waals surface area (Å²) in [5.41, 5.74) is 5.06. The molecule has 33 heavy (non-hydrogen) atoms. The van der Waals surface area contributed by atoms with Crippen LogP contribution in [0.25, 0.3) is 10.9 Å². The van der Waals surface area contributed by atoms with Crippen molar-refractivity contribution in [3.8, 4) is 5.75 Å². The van der Waals surface area contributed by atoms with Gasteiger partial charge in [-0.25, -0.2) is 4.79 Å². The highest BCUT2D eigenvalue weighted by molar-refractivity contribution is 5.88. The molecule has 2 atom stereocenters. The molecule has 2 aliphatic rings. The number of H-pyrrole nitrogens is 1. The molecule has 1 saturated heterocycles. The standard InChI is InChI=1S/C27H33N3O3/c1-17-14-25(33-2)23(22-10-12-28-26(17)22)16-30-13-11-21(29-20-4-3-5-20)15-24(30)18-6-8-19(9-7-18)27(31)32/h6-10,12,14,20-21,24,28-29H,3-5,11,13,15-16H2,1-2H3,(H,31,32)/t21-,24-/m0/s1. The third kappa shape index (κ3) is 4.37. The molecule has 0 amide bonds. The van der Waals surface area contributed by atoms with Crippen LogP contribution in [-0.4, -0.2) is 46.7 Å². The molecule has 1 aromatic heterocycles. The minimum Gasteiger partial charge on any atom is -0.496 e. The number of nitrogens with one attached hydrogen (secondary N) is 2. The Labute approximate surface area is 194 Å². The molecule has 0 unspecified atom stereocenters. The van der Waals surface area contributed by atoms with Gasteiger partial charge in [0.2, 0.25) is 0 Å². The maximum absolute atomic E-state index is 11.4. The molecule has 0 radical (unpaired) electrons. The number of carboxylic acid groups (broad SMARTS) is 1. The van der Waals surface area contributed by atoms with E-state index in [9.17, 15) is 9.90 Å². The molecule has 2 fully saturated rings. The highest BCUT2D eigenvalue weighted by Gasteiger charge is 2.32. The number of piperidine rings is 1. The molecular weight excluding hydrogens is 414 g/mol. The summed E-state index contributed by atoms with van der Waals surface area (Å²) >= 11 is 0. The van der Waals surface area contributed by atoms with E-state index >= 15 is 0 Å². The van der Waals surface area contributed by atoms with E-state index < -0.39 is 5.97 Å². The minimum atomic E-state index is -0.884. The van der Waals surface area contributed by atoms with Crippen LogP contribution >= 0.6 is 0 Å². The predicted octanol–water partition coefficient (Wildman–Crippen LogP) is 5.03. The first-order valence-electron chi connectivity index (χ1n) is 12.0. The summed E-state index contributed by atoms with van der Waals surface area (Å²) in [6.45, 7) is 3.88. The average Bonchev–Trinajstić information content (AvgIpc) is 3.29. The van der Waals surface area contributed by atoms with E-state index in [0.29, 0.717) is 17.6 Å². The first-order chi connectivity index (χ1) is 16.0. The number of aromatic amines is 1. The van der Waals surface area contributed by atoms with Crippen LogP contribution in [0, 0.1) is 6.92 Å². The van der Waals surface area contributed by atoms with Gasteiger partial charge in [-0.2, -0.15) is 0 Å². The highest BCUT2D eigenvalue weighted by atomic mass is 16.5. The van der Waals surface area contributed by atoms with Crippen LogP contribution in [0.15, 0.2) is 42.6 Å². The second-order valence-electron chi connectivity index (χ2n) is 9.57. The largest absolute Gasteiger partial charge is 0.496 e. The van der Waals surface area contributed by atoms with Crippen LogP contribution in [0.1, 0.15) is 65.2 Å². The van der Waals surface area contributed by atoms with Crippen LogP contribution in [0.5, 0.6) is 5.75 Å². The zero-order chi connectivity index (χ0) is 22.9. The maximum atomic E-state index is 11.4. The number of aromatic carboxylic acids is 1. The Balaban J connectivity index is 1.46. The fourth-order valence-corrected chi connectivity index (χ4v) is 5.44. The number of rotatable bonds is 7. The Morgan fingerprint density at radius 3 is 2.64 bits per heavy atom. The summed E-state index contributed by atoms with van der Waals surface area (Å²) in [4.78, 5) is 17.3. The molecule has 5 rings (SSSR count). The number of hydrogen-bond acceptors (Lipinski definition) is 4. The fourth-order valence-electron chi connectivity index (χ4n) is 5.44. The van der Waals surface area contributed by atoms with Crippen molar-refractivity contribution in [3.05, 3.63) is 64.8 Å². The van der Waals surface area contributed by atoms with Crippen molar-refractivity contribution < 1.29 is 14.6 Å². The summed E-state index contributed by atoms with van der Waals surface area (Å²) in [5, 5.41) is 14.4. The number of aromatic nitrogens is 1. The molecule has 0 spiro atoms. The Morgan fingerprint density at radius 1 is 1.18 bits per heavy atom. The quantitative estimate of drug-likeness (QED) is 0.473. The summed E-state index contributed by atoms with van der Waals surface area (Å²) in [6.07, 6.45) is 8.03. The van der Waals surface area contributed by atoms with Crippen molar-refractivity contribution in [3.63, 3.8) is 0 Å². The number of aryl methyl sites for hydroxylation is 1. The lowest BCUT2D eigenvalue weighted by molar-refractivity contribution is 0.0696. The lowest BCUT2D eigenvalue weighted by Gasteiger charge is -2.42. The van der Waals surface area contributed by atoms with E-state index in [1.165, 1.54) is 41.3 Å². The van der Waals surface area contributed by atoms with Crippen molar-refractivity contribution >= 4 is 16.9 Å². The maximum Gasteiger partial charge on any atom is 0.335 e. The van der Waals surface area contributed by atoms with Gasteiger partial charge in [-0.15, -0.1) is 0 Å². The SMILES string of the molecule is COc1cc(C)c2[nH]ccc2c1CN1CC[C@H](NC2CCC2)C[C@H]1c1ccc(C(=O)O)cc1. The first-order valence-corrected chi connectivity index (χ1v) is 12.0. The zero-order valence-corrected chi connectivity index (χ0v) is 19.4. The number of nitrogens with zero attached hydrogens (tertiary/aromatic N) is 1. The second-order valence-corrected chi connectivity index (χ2v) is 9.57. The predicted molar refractivity (Wildman–Crippen MR) is 130 cm³/mol. The molecule has 0 bridgehead atoms. The molecule has 6 heteroatoms. The van der Waals surface area contributed by atoms with Gasteiger partial charge in [0.1, 0.15) is 5.75 Å². The molecule has 2 aromatic carbocycles. The summed E-state index contributed by atoms with van der Waals surface area (Å²) in [6, 6.07) is 13.1. The van der Waals surface area contributed by atoms with Crippen LogP contribution < -0.4 is 10.1 Å². The summed E-state index contributed by atoms with van der Waals surface area (Å²) in [5.74, 6) is 0.0418. The van der Waals surface area contributed by atoms with Gasteiger partial charge in [0, 0.05) is 53.9 Å². The van der Waals surface area contributed by atoms with E-state index in [4.69, 9.17) is 4.74 Å². The molecule has 6 nitrogen and oxygen atoms in total. The van der Waals surface area contributed by atoms with Crippen molar-refractivity contribution in [1.29, 1.82) is 0 Å². The van der Waals surface area contributed by atoms with E-state index in [2.05, 4.69) is 34.3 Å². The highest BCUT2D eigenvalue weighted by Crippen LogP contribution is 2.37. The normalized spacial score (nSPS) is 21.8. The Hall–Kier alpha value is -2.83. The van der Waals surface area contributed by atoms with Crippen LogP contribution in [0.2, 0.25) is 0 Å². The lowest BCUT2D eigenvalue weighted by atomic mass is 9.87. The molecule has 3 N–H and O–H groups in total. The average molecular weight is 448 g/mol. The zero-order valence-electron chi connectivity index (χ0n) is 19.4. The van der Waals surface area contributed by atoms with Crippen molar-refractivity contribution in [2.24, 2.45) is 0 Å². The van der Waals surface area contributed by atoms with Gasteiger partial charge in [0.05, 0.1) is 12.7 Å². The Morgan fingerprint density at radius 2 is 1.97 bits per heavy atom. The number of hydrogen-bond donors (Lipinski definition) is 3. The first kappa shape index (κ1) is 22.0. The van der Waals surface area contributed by atoms with Gasteiger partial charge in [-0.1, -0.05) is 18.6 Å². The van der Waals surface area contributed by atoms with Crippen molar-refractivity contribution in [2.75, 3.05) is 13.7 Å². The molecule has 3 aromatic rings. The van der Waals surface area contributed by atoms with Crippen LogP contribution in [-0.2, 0) is 6.54 Å². The topological polar surface area (TPSA) is 77.6 Å². The van der Waals surface area contributed by atoms with E-state index in [-0.39, 0.29) is 6.04 Å². The fraction of sp³-hybridized carbons (Fsp3) is 0.444. The number of ether oxygens (including phenoxy) is 1. The van der Waals surface area contributed by atoms with E-state index in [0.717, 1.165) is 37.2 Å². The monoisotopic (exact) mass is 447 g/mol. The summed E-state index contributed by atoms with van der Waals surface area (Å²) in [7, 11) is 1.74. The minimum absolute atomic E-state index is 0.221.